The van der Waals surface area contributed by atoms with Crippen molar-refractivity contribution in [1.29, 1.82) is 0 Å². The molecule has 0 aliphatic carbocycles. The molecule has 0 aromatic heterocycles. The fraction of sp³-hybridized carbons (Fsp3) is 0. The van der Waals surface area contributed by atoms with Gasteiger partial charge in [-0.1, -0.05) is 6.07 Å². The summed E-state index contributed by atoms with van der Waals surface area (Å²) in [5.74, 6) is 0.612. The maximum Gasteiger partial charge on any atom is 0.153 e. The summed E-state index contributed by atoms with van der Waals surface area (Å²) in [6, 6.07) is 11.5. The number of benzene rings is 2. The summed E-state index contributed by atoms with van der Waals surface area (Å²) in [6.07, 6.45) is 0. The Morgan fingerprint density at radius 3 is 2.69 bits per heavy atom. The average Bonchev–Trinajstić information content (AvgIpc) is 2.24. The van der Waals surface area contributed by atoms with Gasteiger partial charge in [-0.3, -0.25) is 0 Å². The maximum absolute atomic E-state index is 13.0. The van der Waals surface area contributed by atoms with Crippen LogP contribution >= 0.6 is 22.6 Å². The van der Waals surface area contributed by atoms with E-state index in [1.54, 1.807) is 6.07 Å². The molecule has 0 aliphatic rings. The molecule has 0 unspecified atom stereocenters. The Labute approximate surface area is 106 Å². The van der Waals surface area contributed by atoms with E-state index in [1.165, 1.54) is 18.2 Å². The van der Waals surface area contributed by atoms with E-state index in [1.807, 2.05) is 18.2 Å². The Balaban J connectivity index is 2.30. The van der Waals surface area contributed by atoms with Crippen LogP contribution in [0, 0.1) is 9.39 Å². The second-order valence-corrected chi connectivity index (χ2v) is 4.49. The van der Waals surface area contributed by atoms with Gasteiger partial charge in [0.25, 0.3) is 0 Å². The van der Waals surface area contributed by atoms with Gasteiger partial charge in [-0.2, -0.15) is 0 Å². The summed E-state index contributed by atoms with van der Waals surface area (Å²) in [5.41, 5.74) is 6.10. The lowest BCUT2D eigenvalue weighted by Crippen LogP contribution is -1.93. The molecule has 2 aromatic rings. The van der Waals surface area contributed by atoms with Crippen LogP contribution in [0.1, 0.15) is 0 Å². The lowest BCUT2D eigenvalue weighted by atomic mass is 10.3. The first-order valence-electron chi connectivity index (χ1n) is 4.63. The first kappa shape index (κ1) is 11.2. The van der Waals surface area contributed by atoms with Gasteiger partial charge < -0.3 is 10.5 Å². The molecule has 2 aromatic carbocycles. The van der Waals surface area contributed by atoms with Crippen LogP contribution < -0.4 is 10.5 Å². The van der Waals surface area contributed by atoms with Crippen molar-refractivity contribution in [3.63, 3.8) is 0 Å². The van der Waals surface area contributed by atoms with Crippen molar-refractivity contribution < 1.29 is 9.13 Å². The lowest BCUT2D eigenvalue weighted by molar-refractivity contribution is 0.479. The Morgan fingerprint density at radius 1 is 1.12 bits per heavy atom. The fourth-order valence-corrected chi connectivity index (χ4v) is 1.77. The molecule has 0 bridgehead atoms. The number of anilines is 1. The van der Waals surface area contributed by atoms with Crippen LogP contribution in [0.5, 0.6) is 11.5 Å². The van der Waals surface area contributed by atoms with E-state index < -0.39 is 0 Å². The van der Waals surface area contributed by atoms with Crippen molar-refractivity contribution in [2.75, 3.05) is 5.73 Å². The third-order valence-corrected chi connectivity index (χ3v) is 2.67. The minimum Gasteiger partial charge on any atom is -0.455 e. The Hall–Kier alpha value is -1.30. The molecule has 0 radical (unpaired) electrons. The topological polar surface area (TPSA) is 35.2 Å². The minimum absolute atomic E-state index is 0.335. The number of nitrogen functional groups attached to an aromatic ring is 1. The van der Waals surface area contributed by atoms with Gasteiger partial charge in [-0.05, 0) is 52.9 Å². The molecular weight excluding hydrogens is 320 g/mol. The van der Waals surface area contributed by atoms with Gasteiger partial charge in [0.05, 0.1) is 5.69 Å². The van der Waals surface area contributed by atoms with Gasteiger partial charge >= 0.3 is 0 Å². The van der Waals surface area contributed by atoms with E-state index in [0.29, 0.717) is 17.2 Å². The number of nitrogens with two attached hydrogens (primary N) is 1. The standard InChI is InChI=1S/C12H9FINO/c13-8-4-5-11(15)12(6-8)16-10-3-1-2-9(14)7-10/h1-7H,15H2. The highest BCUT2D eigenvalue weighted by molar-refractivity contribution is 14.1. The summed E-state index contributed by atoms with van der Waals surface area (Å²) < 4.78 is 19.5. The van der Waals surface area contributed by atoms with Crippen LogP contribution in [-0.4, -0.2) is 0 Å². The van der Waals surface area contributed by atoms with Crippen LogP contribution in [-0.2, 0) is 0 Å². The van der Waals surface area contributed by atoms with Crippen LogP contribution in [0.4, 0.5) is 10.1 Å². The smallest absolute Gasteiger partial charge is 0.153 e. The summed E-state index contributed by atoms with van der Waals surface area (Å²) in [6.45, 7) is 0. The molecule has 2 N–H and O–H groups in total. The molecule has 2 nitrogen and oxygen atoms in total. The van der Waals surface area contributed by atoms with Gasteiger partial charge in [0.2, 0.25) is 0 Å². The van der Waals surface area contributed by atoms with E-state index in [4.69, 9.17) is 10.5 Å². The average molecular weight is 329 g/mol. The van der Waals surface area contributed by atoms with Crippen LogP contribution in [0.2, 0.25) is 0 Å². The Kier molecular flexibility index (Phi) is 3.28. The van der Waals surface area contributed by atoms with E-state index in [9.17, 15) is 4.39 Å². The van der Waals surface area contributed by atoms with Gasteiger partial charge in [-0.15, -0.1) is 0 Å². The number of hydrogen-bond donors (Lipinski definition) is 1. The predicted octanol–water partition coefficient (Wildman–Crippen LogP) is 3.80. The zero-order valence-electron chi connectivity index (χ0n) is 8.28. The van der Waals surface area contributed by atoms with Gasteiger partial charge in [0.15, 0.2) is 5.75 Å². The normalized spacial score (nSPS) is 10.1. The molecule has 0 aliphatic heterocycles. The quantitative estimate of drug-likeness (QED) is 0.672. The second-order valence-electron chi connectivity index (χ2n) is 3.24. The van der Waals surface area contributed by atoms with Crippen molar-refractivity contribution in [3.05, 3.63) is 51.9 Å². The summed E-state index contributed by atoms with van der Waals surface area (Å²) >= 11 is 2.18. The third-order valence-electron chi connectivity index (χ3n) is 2.00. The van der Waals surface area contributed by atoms with Crippen molar-refractivity contribution in [1.82, 2.24) is 0 Å². The van der Waals surface area contributed by atoms with E-state index >= 15 is 0 Å². The first-order chi connectivity index (χ1) is 7.65. The molecule has 0 saturated heterocycles. The van der Waals surface area contributed by atoms with Crippen molar-refractivity contribution >= 4 is 28.3 Å². The monoisotopic (exact) mass is 329 g/mol. The number of halogens is 2. The molecule has 0 atom stereocenters. The zero-order chi connectivity index (χ0) is 11.5. The minimum atomic E-state index is -0.366. The zero-order valence-corrected chi connectivity index (χ0v) is 10.4. The maximum atomic E-state index is 13.0. The molecule has 0 heterocycles. The number of hydrogen-bond acceptors (Lipinski definition) is 2. The van der Waals surface area contributed by atoms with Crippen LogP contribution in [0.25, 0.3) is 0 Å². The highest BCUT2D eigenvalue weighted by atomic mass is 127. The molecule has 82 valence electrons. The molecule has 0 amide bonds. The van der Waals surface area contributed by atoms with Gasteiger partial charge in [-0.25, -0.2) is 4.39 Å². The predicted molar refractivity (Wildman–Crippen MR) is 70.0 cm³/mol. The highest BCUT2D eigenvalue weighted by Gasteiger charge is 2.04. The second kappa shape index (κ2) is 4.69. The third kappa shape index (κ3) is 2.63. The van der Waals surface area contributed by atoms with E-state index in [0.717, 1.165) is 3.57 Å². The number of ether oxygens (including phenoxy) is 1. The SMILES string of the molecule is Nc1ccc(F)cc1Oc1cccc(I)c1. The van der Waals surface area contributed by atoms with Gasteiger partial charge in [0, 0.05) is 9.64 Å². The molecule has 0 saturated carbocycles. The van der Waals surface area contributed by atoms with Gasteiger partial charge in [0.1, 0.15) is 11.6 Å². The summed E-state index contributed by atoms with van der Waals surface area (Å²) in [5, 5.41) is 0. The molecule has 2 rings (SSSR count). The summed E-state index contributed by atoms with van der Waals surface area (Å²) in [7, 11) is 0. The summed E-state index contributed by atoms with van der Waals surface area (Å²) in [4.78, 5) is 0. The Morgan fingerprint density at radius 2 is 1.94 bits per heavy atom. The van der Waals surface area contributed by atoms with E-state index in [2.05, 4.69) is 22.6 Å². The molecule has 0 spiro atoms. The highest BCUT2D eigenvalue weighted by Crippen LogP contribution is 2.28. The molecule has 4 heteroatoms. The largest absolute Gasteiger partial charge is 0.455 e. The van der Waals surface area contributed by atoms with Crippen LogP contribution in [0.15, 0.2) is 42.5 Å². The van der Waals surface area contributed by atoms with E-state index in [-0.39, 0.29) is 5.82 Å². The van der Waals surface area contributed by atoms with Crippen molar-refractivity contribution in [2.45, 2.75) is 0 Å². The lowest BCUT2D eigenvalue weighted by Gasteiger charge is -2.08. The number of rotatable bonds is 2. The van der Waals surface area contributed by atoms with Crippen molar-refractivity contribution in [3.8, 4) is 11.5 Å². The Bertz CT molecular complexity index is 516. The molecular formula is C12H9FINO. The molecule has 16 heavy (non-hydrogen) atoms. The van der Waals surface area contributed by atoms with Crippen molar-refractivity contribution in [2.24, 2.45) is 0 Å². The molecule has 0 fully saturated rings. The fourth-order valence-electron chi connectivity index (χ4n) is 1.25. The first-order valence-corrected chi connectivity index (χ1v) is 5.71. The van der Waals surface area contributed by atoms with Crippen LogP contribution in [0.3, 0.4) is 0 Å².